The number of aliphatic carboxylic acids is 3. The molecule has 0 aliphatic heterocycles. The molecular formula is C46H55N5O15. The highest BCUT2D eigenvalue weighted by Gasteiger charge is 2.24. The SMILES string of the molecule is CC(=O)N[C@@H](CC(=O)O)C(=O)NCCCOc1cccc2c(OCCCC(=O)N[C@@H](CC(=O)O)C(=O)NCCCOc3cccc4c(OCCCC(=O)NCC(=O)O)cccc34)cccc12. The zero-order valence-corrected chi connectivity index (χ0v) is 36.4. The number of carbonyl (C=O) groups excluding carboxylic acids is 5. The van der Waals surface area contributed by atoms with Crippen molar-refractivity contribution in [3.63, 3.8) is 0 Å². The zero-order chi connectivity index (χ0) is 47.8. The average Bonchev–Trinajstić information content (AvgIpc) is 3.27. The molecule has 0 unspecified atom stereocenters. The van der Waals surface area contributed by atoms with Gasteiger partial charge in [-0.2, -0.15) is 0 Å². The Bertz CT molecular complexity index is 2320. The third-order valence-corrected chi connectivity index (χ3v) is 9.59. The third-order valence-electron chi connectivity index (χ3n) is 9.59. The molecule has 0 saturated heterocycles. The van der Waals surface area contributed by atoms with Crippen LogP contribution in [-0.2, 0) is 38.4 Å². The van der Waals surface area contributed by atoms with Crippen molar-refractivity contribution in [3.8, 4) is 23.0 Å². The molecule has 20 heteroatoms. The van der Waals surface area contributed by atoms with Crippen LogP contribution in [0.5, 0.6) is 23.0 Å². The highest BCUT2D eigenvalue weighted by Crippen LogP contribution is 2.33. The quantitative estimate of drug-likeness (QED) is 0.0349. The summed E-state index contributed by atoms with van der Waals surface area (Å²) < 4.78 is 23.8. The molecule has 5 amide bonds. The Kier molecular flexibility index (Phi) is 20.8. The van der Waals surface area contributed by atoms with Gasteiger partial charge in [-0.05, 0) is 49.9 Å². The van der Waals surface area contributed by atoms with Crippen molar-refractivity contribution in [2.45, 2.75) is 70.4 Å². The van der Waals surface area contributed by atoms with E-state index in [0.29, 0.717) is 42.3 Å². The van der Waals surface area contributed by atoms with E-state index in [-0.39, 0.29) is 64.7 Å². The van der Waals surface area contributed by atoms with Crippen LogP contribution in [0.15, 0.2) is 72.8 Å². The van der Waals surface area contributed by atoms with E-state index in [4.69, 9.17) is 29.2 Å². The van der Waals surface area contributed by atoms with Gasteiger partial charge in [0.2, 0.25) is 29.5 Å². The van der Waals surface area contributed by atoms with E-state index in [9.17, 15) is 43.5 Å². The molecule has 4 aromatic rings. The second-order valence-electron chi connectivity index (χ2n) is 14.8. The van der Waals surface area contributed by atoms with Gasteiger partial charge < -0.3 is 60.9 Å². The number of nitrogens with one attached hydrogen (secondary N) is 5. The van der Waals surface area contributed by atoms with Gasteiger partial charge in [-0.25, -0.2) is 0 Å². The number of benzene rings is 4. The van der Waals surface area contributed by atoms with Crippen molar-refractivity contribution < 1.29 is 72.6 Å². The van der Waals surface area contributed by atoms with E-state index < -0.39 is 73.0 Å². The lowest BCUT2D eigenvalue weighted by Gasteiger charge is -2.17. The van der Waals surface area contributed by atoms with E-state index in [1.807, 2.05) is 24.3 Å². The molecule has 354 valence electrons. The minimum absolute atomic E-state index is 0.0433. The van der Waals surface area contributed by atoms with Gasteiger partial charge in [0.1, 0.15) is 41.6 Å². The van der Waals surface area contributed by atoms with Crippen LogP contribution in [0, 0.1) is 0 Å². The fraction of sp³-hybridized carbons (Fsp3) is 0.391. The van der Waals surface area contributed by atoms with Crippen molar-refractivity contribution in [1.29, 1.82) is 0 Å². The number of hydrogen-bond donors (Lipinski definition) is 8. The monoisotopic (exact) mass is 917 g/mol. The van der Waals surface area contributed by atoms with Crippen molar-refractivity contribution in [2.24, 2.45) is 0 Å². The predicted molar refractivity (Wildman–Crippen MR) is 238 cm³/mol. The van der Waals surface area contributed by atoms with Crippen molar-refractivity contribution >= 4 is 69.0 Å². The molecule has 0 bridgehead atoms. The highest BCUT2D eigenvalue weighted by atomic mass is 16.5. The van der Waals surface area contributed by atoms with E-state index >= 15 is 0 Å². The second-order valence-corrected chi connectivity index (χ2v) is 14.8. The molecular weight excluding hydrogens is 863 g/mol. The normalized spacial score (nSPS) is 11.7. The van der Waals surface area contributed by atoms with Crippen LogP contribution in [0.3, 0.4) is 0 Å². The first-order chi connectivity index (χ1) is 31.7. The Morgan fingerprint density at radius 3 is 1.20 bits per heavy atom. The minimum atomic E-state index is -1.31. The lowest BCUT2D eigenvalue weighted by molar-refractivity contribution is -0.141. The first-order valence-corrected chi connectivity index (χ1v) is 21.3. The molecule has 4 aromatic carbocycles. The number of ether oxygens (including phenoxy) is 4. The van der Waals surface area contributed by atoms with Crippen molar-refractivity contribution in [3.05, 3.63) is 72.8 Å². The minimum Gasteiger partial charge on any atom is -0.493 e. The number of hydrogen-bond acceptors (Lipinski definition) is 12. The molecule has 0 aliphatic carbocycles. The van der Waals surface area contributed by atoms with Gasteiger partial charge in [-0.1, -0.05) is 48.5 Å². The number of carboxylic acid groups (broad SMARTS) is 3. The first-order valence-electron chi connectivity index (χ1n) is 21.3. The van der Waals surface area contributed by atoms with Crippen LogP contribution in [0.4, 0.5) is 0 Å². The van der Waals surface area contributed by atoms with Gasteiger partial charge in [-0.15, -0.1) is 0 Å². The summed E-state index contributed by atoms with van der Waals surface area (Å²) in [6.07, 6.45) is 0.300. The molecule has 0 spiro atoms. The summed E-state index contributed by atoms with van der Waals surface area (Å²) >= 11 is 0. The van der Waals surface area contributed by atoms with Gasteiger partial charge in [0.05, 0.1) is 39.3 Å². The molecule has 0 aromatic heterocycles. The second kappa shape index (κ2) is 26.9. The standard InChI is InChI=1S/C46H55N5O15/c1-29(52)50-34(26-42(55)56)45(61)47-20-8-24-65-39-17-5-11-31-33(39)13-3-15-37(31)64-23-7-19-41(54)51-35(27-43(57)58)46(62)48-21-9-25-66-38-16-4-10-30-32(38)12-2-14-36(30)63-22-6-18-40(53)49-28-44(59)60/h2-5,10-17,34-35H,6-9,18-28H2,1H3,(H,47,61)(H,48,62)(H,49,53)(H,50,52)(H,51,54)(H,55,56)(H,57,58)(H,59,60)/t34-,35-/m0/s1. The Balaban J connectivity index is 1.18. The number of amides is 5. The maximum Gasteiger partial charge on any atom is 0.322 e. The van der Waals surface area contributed by atoms with Crippen molar-refractivity contribution in [1.82, 2.24) is 26.6 Å². The van der Waals surface area contributed by atoms with Crippen LogP contribution in [0.25, 0.3) is 21.5 Å². The van der Waals surface area contributed by atoms with E-state index in [0.717, 1.165) is 21.5 Å². The van der Waals surface area contributed by atoms with Crippen LogP contribution in [0.2, 0.25) is 0 Å². The molecule has 0 radical (unpaired) electrons. The Morgan fingerprint density at radius 2 is 0.833 bits per heavy atom. The van der Waals surface area contributed by atoms with Gasteiger partial charge >= 0.3 is 17.9 Å². The van der Waals surface area contributed by atoms with E-state index in [1.54, 1.807) is 48.5 Å². The molecule has 66 heavy (non-hydrogen) atoms. The van der Waals surface area contributed by atoms with Crippen LogP contribution in [-0.4, -0.2) is 121 Å². The Hall–Kier alpha value is -7.64. The van der Waals surface area contributed by atoms with Crippen LogP contribution < -0.4 is 45.5 Å². The predicted octanol–water partition coefficient (Wildman–Crippen LogP) is 2.92. The smallest absolute Gasteiger partial charge is 0.322 e. The number of carbonyl (C=O) groups is 8. The summed E-state index contributed by atoms with van der Waals surface area (Å²) in [7, 11) is 0. The van der Waals surface area contributed by atoms with E-state index in [2.05, 4.69) is 26.6 Å². The summed E-state index contributed by atoms with van der Waals surface area (Å²) in [5.41, 5.74) is 0. The number of rotatable bonds is 30. The molecule has 4 rings (SSSR count). The van der Waals surface area contributed by atoms with Gasteiger partial charge in [0, 0.05) is 54.4 Å². The highest BCUT2D eigenvalue weighted by molar-refractivity contribution is 5.94. The molecule has 0 aliphatic rings. The molecule has 0 fully saturated rings. The van der Waals surface area contributed by atoms with Crippen LogP contribution >= 0.6 is 0 Å². The van der Waals surface area contributed by atoms with Gasteiger partial charge in [-0.3, -0.25) is 38.4 Å². The van der Waals surface area contributed by atoms with Crippen molar-refractivity contribution in [2.75, 3.05) is 46.1 Å². The topological polar surface area (TPSA) is 294 Å². The zero-order valence-electron chi connectivity index (χ0n) is 36.4. The maximum atomic E-state index is 13.0. The average molecular weight is 918 g/mol. The first kappa shape index (κ1) is 51.0. The number of fused-ring (bicyclic) bond motifs is 2. The maximum absolute atomic E-state index is 13.0. The molecule has 0 saturated carbocycles. The Morgan fingerprint density at radius 1 is 0.470 bits per heavy atom. The summed E-state index contributed by atoms with van der Waals surface area (Å²) in [4.78, 5) is 94.6. The lowest BCUT2D eigenvalue weighted by atomic mass is 10.1. The fourth-order valence-electron chi connectivity index (χ4n) is 6.56. The molecule has 8 N–H and O–H groups in total. The number of carboxylic acids is 3. The van der Waals surface area contributed by atoms with Crippen LogP contribution in [0.1, 0.15) is 58.3 Å². The Labute approximate surface area is 379 Å². The van der Waals surface area contributed by atoms with Gasteiger partial charge in [0.25, 0.3) is 0 Å². The lowest BCUT2D eigenvalue weighted by Crippen LogP contribution is -2.48. The third kappa shape index (κ3) is 17.5. The summed E-state index contributed by atoms with van der Waals surface area (Å²) in [5.74, 6) is -4.07. The molecule has 0 heterocycles. The van der Waals surface area contributed by atoms with Gasteiger partial charge in [0.15, 0.2) is 0 Å². The largest absolute Gasteiger partial charge is 0.493 e. The fourth-order valence-corrected chi connectivity index (χ4v) is 6.56. The molecule has 20 nitrogen and oxygen atoms in total. The molecule has 2 atom stereocenters. The summed E-state index contributed by atoms with van der Waals surface area (Å²) in [6.45, 7) is 1.87. The summed E-state index contributed by atoms with van der Waals surface area (Å²) in [6, 6.07) is 19.2. The summed E-state index contributed by atoms with van der Waals surface area (Å²) in [5, 5.41) is 42.6. The van der Waals surface area contributed by atoms with E-state index in [1.165, 1.54) is 6.92 Å².